The minimum Gasteiger partial charge on any atom is -0.508 e. The van der Waals surface area contributed by atoms with Crippen molar-refractivity contribution in [2.75, 3.05) is 18.8 Å². The number of phenols is 1. The summed E-state index contributed by atoms with van der Waals surface area (Å²) >= 11 is 0. The summed E-state index contributed by atoms with van der Waals surface area (Å²) in [6.07, 6.45) is -0.506. The van der Waals surface area contributed by atoms with Gasteiger partial charge in [0.25, 0.3) is 10.1 Å². The van der Waals surface area contributed by atoms with E-state index in [0.29, 0.717) is 31.5 Å². The molecular formula is C21H27NO6S. The Morgan fingerprint density at radius 3 is 2.14 bits per heavy atom. The molecule has 8 heteroatoms. The Labute approximate surface area is 171 Å². The fourth-order valence-corrected chi connectivity index (χ4v) is 5.23. The molecule has 2 atom stereocenters. The number of rotatable bonds is 6. The molecule has 3 rings (SSSR count). The molecule has 0 bridgehead atoms. The topological polar surface area (TPSA) is 118 Å². The summed E-state index contributed by atoms with van der Waals surface area (Å²) in [5.41, 5.74) is -1.11. The summed E-state index contributed by atoms with van der Waals surface area (Å²) in [6, 6.07) is 15.2. The molecule has 29 heavy (non-hydrogen) atoms. The van der Waals surface area contributed by atoms with Gasteiger partial charge in [-0.3, -0.25) is 9.45 Å². The Hall–Kier alpha value is -1.97. The molecule has 4 N–H and O–H groups in total. The van der Waals surface area contributed by atoms with Crippen LogP contribution in [-0.4, -0.2) is 57.6 Å². The van der Waals surface area contributed by atoms with Crippen molar-refractivity contribution in [2.24, 2.45) is 0 Å². The van der Waals surface area contributed by atoms with Gasteiger partial charge in [0.15, 0.2) is 0 Å². The average molecular weight is 422 g/mol. The third-order valence-corrected chi connectivity index (χ3v) is 6.85. The maximum Gasteiger partial charge on any atom is 0.266 e. The van der Waals surface area contributed by atoms with E-state index in [1.807, 2.05) is 30.3 Å². The molecular weight excluding hydrogens is 394 g/mol. The summed E-state index contributed by atoms with van der Waals surface area (Å²) < 4.78 is 33.1. The molecule has 1 fully saturated rings. The van der Waals surface area contributed by atoms with Crippen molar-refractivity contribution in [3.63, 3.8) is 0 Å². The maximum atomic E-state index is 11.8. The van der Waals surface area contributed by atoms with Gasteiger partial charge in [0.2, 0.25) is 0 Å². The number of piperidine rings is 1. The van der Waals surface area contributed by atoms with Crippen molar-refractivity contribution >= 4 is 10.1 Å². The lowest BCUT2D eigenvalue weighted by molar-refractivity contribution is -0.0791. The Morgan fingerprint density at radius 1 is 1.07 bits per heavy atom. The van der Waals surface area contributed by atoms with Crippen molar-refractivity contribution in [3.8, 4) is 5.75 Å². The molecule has 1 saturated heterocycles. The minimum atomic E-state index is -4.39. The van der Waals surface area contributed by atoms with E-state index in [9.17, 15) is 28.3 Å². The van der Waals surface area contributed by atoms with Crippen LogP contribution in [-0.2, 0) is 15.7 Å². The van der Waals surface area contributed by atoms with Crippen LogP contribution in [0.3, 0.4) is 0 Å². The largest absolute Gasteiger partial charge is 0.508 e. The van der Waals surface area contributed by atoms with Gasteiger partial charge in [-0.15, -0.1) is 0 Å². The zero-order valence-corrected chi connectivity index (χ0v) is 17.1. The van der Waals surface area contributed by atoms with E-state index in [0.717, 1.165) is 5.56 Å². The Bertz CT molecular complexity index is 923. The monoisotopic (exact) mass is 421 g/mol. The zero-order chi connectivity index (χ0) is 21.3. The number of likely N-dealkylation sites (tertiary alicyclic amines) is 1. The number of aromatic hydroxyl groups is 1. The normalized spacial score (nSPS) is 20.7. The van der Waals surface area contributed by atoms with E-state index in [2.05, 4.69) is 0 Å². The van der Waals surface area contributed by atoms with Crippen molar-refractivity contribution in [2.45, 2.75) is 37.0 Å². The SMILES string of the molecule is C[C@@](CS(=O)(=O)O)([C@@H](O)c1ccc(O)cc1)N1CCC(O)(c2ccccc2)CC1. The van der Waals surface area contributed by atoms with E-state index >= 15 is 0 Å². The molecule has 0 amide bonds. The van der Waals surface area contributed by atoms with E-state index < -0.39 is 33.1 Å². The van der Waals surface area contributed by atoms with Crippen LogP contribution in [0.25, 0.3) is 0 Å². The third-order valence-electron chi connectivity index (χ3n) is 5.90. The Kier molecular flexibility index (Phi) is 6.03. The molecule has 0 radical (unpaired) electrons. The summed E-state index contributed by atoms with van der Waals surface area (Å²) in [5.74, 6) is -0.630. The van der Waals surface area contributed by atoms with Crippen LogP contribution in [0.15, 0.2) is 54.6 Å². The highest BCUT2D eigenvalue weighted by Gasteiger charge is 2.46. The van der Waals surface area contributed by atoms with Gasteiger partial charge in [-0.1, -0.05) is 42.5 Å². The maximum absolute atomic E-state index is 11.8. The summed E-state index contributed by atoms with van der Waals surface area (Å²) in [6.45, 7) is 2.27. The number of benzene rings is 2. The lowest BCUT2D eigenvalue weighted by Crippen LogP contribution is -2.59. The highest BCUT2D eigenvalue weighted by molar-refractivity contribution is 7.85. The minimum absolute atomic E-state index is 0.0309. The molecule has 158 valence electrons. The lowest BCUT2D eigenvalue weighted by atomic mass is 9.81. The van der Waals surface area contributed by atoms with Gasteiger partial charge in [0.1, 0.15) is 5.75 Å². The van der Waals surface area contributed by atoms with E-state index in [1.54, 1.807) is 11.8 Å². The molecule has 0 spiro atoms. The van der Waals surface area contributed by atoms with Crippen LogP contribution >= 0.6 is 0 Å². The molecule has 1 aliphatic rings. The first-order valence-corrected chi connectivity index (χ1v) is 11.1. The van der Waals surface area contributed by atoms with E-state index in [-0.39, 0.29) is 5.75 Å². The first-order valence-electron chi connectivity index (χ1n) is 9.49. The van der Waals surface area contributed by atoms with Crippen molar-refractivity contribution in [3.05, 3.63) is 65.7 Å². The van der Waals surface area contributed by atoms with Gasteiger partial charge in [-0.2, -0.15) is 8.42 Å². The number of phenolic OH excluding ortho intramolecular Hbond substituents is 1. The van der Waals surface area contributed by atoms with Crippen LogP contribution in [0, 0.1) is 0 Å². The van der Waals surface area contributed by atoms with Crippen molar-refractivity contribution < 1.29 is 28.3 Å². The number of nitrogens with zero attached hydrogens (tertiary/aromatic N) is 1. The molecule has 0 saturated carbocycles. The second-order valence-electron chi connectivity index (χ2n) is 7.96. The first kappa shape index (κ1) is 21.7. The fourth-order valence-electron chi connectivity index (χ4n) is 4.15. The number of aliphatic hydroxyl groups is 2. The Morgan fingerprint density at radius 2 is 1.62 bits per heavy atom. The smallest absolute Gasteiger partial charge is 0.266 e. The molecule has 0 unspecified atom stereocenters. The molecule has 1 heterocycles. The fraction of sp³-hybridized carbons (Fsp3) is 0.429. The average Bonchev–Trinajstić information content (AvgIpc) is 2.68. The highest BCUT2D eigenvalue weighted by atomic mass is 32.2. The van der Waals surface area contributed by atoms with Gasteiger partial charge in [-0.25, -0.2) is 0 Å². The molecule has 0 aromatic heterocycles. The van der Waals surface area contributed by atoms with Crippen LogP contribution < -0.4 is 0 Å². The summed E-state index contributed by atoms with van der Waals surface area (Å²) in [5, 5.41) is 31.6. The van der Waals surface area contributed by atoms with Gasteiger partial charge >= 0.3 is 0 Å². The van der Waals surface area contributed by atoms with Crippen LogP contribution in [0.2, 0.25) is 0 Å². The van der Waals surface area contributed by atoms with Gasteiger partial charge in [0, 0.05) is 13.1 Å². The van der Waals surface area contributed by atoms with Gasteiger partial charge in [-0.05, 0) is 43.0 Å². The Balaban J connectivity index is 1.87. The van der Waals surface area contributed by atoms with Crippen LogP contribution in [0.4, 0.5) is 0 Å². The molecule has 1 aliphatic heterocycles. The third kappa shape index (κ3) is 4.79. The van der Waals surface area contributed by atoms with E-state index in [1.165, 1.54) is 24.3 Å². The van der Waals surface area contributed by atoms with Gasteiger partial charge < -0.3 is 15.3 Å². The van der Waals surface area contributed by atoms with Crippen LogP contribution in [0.1, 0.15) is 37.0 Å². The van der Waals surface area contributed by atoms with E-state index in [4.69, 9.17) is 0 Å². The highest BCUT2D eigenvalue weighted by Crippen LogP contribution is 2.39. The predicted octanol–water partition coefficient (Wildman–Crippen LogP) is 2.06. The molecule has 7 nitrogen and oxygen atoms in total. The number of aliphatic hydroxyl groups excluding tert-OH is 1. The molecule has 2 aromatic rings. The van der Waals surface area contributed by atoms with Crippen LogP contribution in [0.5, 0.6) is 5.75 Å². The number of hydrogen-bond acceptors (Lipinski definition) is 6. The second kappa shape index (κ2) is 8.04. The summed E-state index contributed by atoms with van der Waals surface area (Å²) in [4.78, 5) is 1.80. The van der Waals surface area contributed by atoms with Crippen molar-refractivity contribution in [1.29, 1.82) is 0 Å². The van der Waals surface area contributed by atoms with Crippen molar-refractivity contribution in [1.82, 2.24) is 4.90 Å². The summed E-state index contributed by atoms with van der Waals surface area (Å²) in [7, 11) is -4.39. The second-order valence-corrected chi connectivity index (χ2v) is 9.41. The molecule has 0 aliphatic carbocycles. The zero-order valence-electron chi connectivity index (χ0n) is 16.3. The standard InChI is InChI=1S/C21H27NO6S/c1-20(15-29(26,27)28,19(24)16-7-9-18(23)10-8-16)22-13-11-21(25,12-14-22)17-5-3-2-4-6-17/h2-10,19,23-25H,11-15H2,1H3,(H,26,27,28)/t19-,20+/m0/s1. The quantitative estimate of drug-likeness (QED) is 0.527. The number of hydrogen-bond donors (Lipinski definition) is 4. The van der Waals surface area contributed by atoms with Gasteiger partial charge in [0.05, 0.1) is 23.0 Å². The lowest BCUT2D eigenvalue weighted by Gasteiger charge is -2.49. The first-order chi connectivity index (χ1) is 13.5. The molecule has 2 aromatic carbocycles. The predicted molar refractivity (Wildman–Crippen MR) is 109 cm³/mol.